The van der Waals surface area contributed by atoms with Crippen molar-refractivity contribution in [2.24, 2.45) is 0 Å². The Hall–Kier alpha value is -2.67. The third-order valence-corrected chi connectivity index (χ3v) is 5.20. The Balaban J connectivity index is 1.49. The van der Waals surface area contributed by atoms with Crippen molar-refractivity contribution in [2.45, 2.75) is 25.5 Å². The van der Waals surface area contributed by atoms with Crippen LogP contribution in [0, 0.1) is 13.8 Å². The topological polar surface area (TPSA) is 66.6 Å². The number of thioether (sulfide) groups is 1. The lowest BCUT2D eigenvalue weighted by molar-refractivity contribution is 0.318. The van der Waals surface area contributed by atoms with Crippen molar-refractivity contribution in [2.75, 3.05) is 26.6 Å². The second-order valence-corrected chi connectivity index (χ2v) is 7.29. The van der Waals surface area contributed by atoms with E-state index in [9.17, 15) is 0 Å². The summed E-state index contributed by atoms with van der Waals surface area (Å²) in [7, 11) is 3.19. The van der Waals surface area contributed by atoms with Gasteiger partial charge in [0, 0.05) is 11.3 Å². The highest BCUT2D eigenvalue weighted by Crippen LogP contribution is 2.32. The molecule has 0 atom stereocenters. The molecule has 7 heteroatoms. The first kappa shape index (κ1) is 20.1. The van der Waals surface area contributed by atoms with Gasteiger partial charge in [-0.2, -0.15) is 0 Å². The van der Waals surface area contributed by atoms with Crippen LogP contribution in [0.5, 0.6) is 17.2 Å². The Kier molecular flexibility index (Phi) is 6.81. The van der Waals surface area contributed by atoms with Gasteiger partial charge in [0.25, 0.3) is 5.22 Å². The molecule has 0 amide bonds. The molecule has 1 aromatic heterocycles. The van der Waals surface area contributed by atoms with Crippen LogP contribution in [0.4, 0.5) is 0 Å². The summed E-state index contributed by atoms with van der Waals surface area (Å²) in [5, 5.41) is 8.76. The summed E-state index contributed by atoms with van der Waals surface area (Å²) in [6.45, 7) is 4.83. The number of aryl methyl sites for hydroxylation is 2. The molecule has 3 rings (SSSR count). The number of methoxy groups -OCH3 is 2. The lowest BCUT2D eigenvalue weighted by Gasteiger charge is -2.07. The lowest BCUT2D eigenvalue weighted by atomic mass is 10.1. The van der Waals surface area contributed by atoms with Crippen molar-refractivity contribution in [3.63, 3.8) is 0 Å². The molecule has 0 fully saturated rings. The van der Waals surface area contributed by atoms with Crippen LogP contribution in [0.15, 0.2) is 46.0 Å². The average molecular weight is 401 g/mol. The van der Waals surface area contributed by atoms with Gasteiger partial charge in [0.15, 0.2) is 11.5 Å². The normalized spacial score (nSPS) is 10.7. The van der Waals surface area contributed by atoms with Gasteiger partial charge in [-0.1, -0.05) is 17.8 Å². The second-order valence-electron chi connectivity index (χ2n) is 6.24. The quantitative estimate of drug-likeness (QED) is 0.372. The minimum Gasteiger partial charge on any atom is -0.494 e. The van der Waals surface area contributed by atoms with Crippen LogP contribution < -0.4 is 14.2 Å². The largest absolute Gasteiger partial charge is 0.494 e. The first-order valence-corrected chi connectivity index (χ1v) is 9.98. The fourth-order valence-electron chi connectivity index (χ4n) is 2.57. The van der Waals surface area contributed by atoms with Crippen LogP contribution >= 0.6 is 11.8 Å². The number of aromatic nitrogens is 2. The van der Waals surface area contributed by atoms with Crippen molar-refractivity contribution in [3.05, 3.63) is 47.5 Å². The maximum absolute atomic E-state index is 5.80. The third-order valence-electron chi connectivity index (χ3n) is 4.30. The third kappa shape index (κ3) is 4.98. The molecule has 0 N–H and O–H groups in total. The monoisotopic (exact) mass is 400 g/mol. The zero-order valence-corrected chi connectivity index (χ0v) is 17.3. The molecule has 28 heavy (non-hydrogen) atoms. The summed E-state index contributed by atoms with van der Waals surface area (Å²) in [4.78, 5) is 0. The smallest absolute Gasteiger partial charge is 0.276 e. The molecule has 0 unspecified atom stereocenters. The molecule has 2 aromatic carbocycles. The highest BCUT2D eigenvalue weighted by Gasteiger charge is 2.12. The maximum Gasteiger partial charge on any atom is 0.276 e. The van der Waals surface area contributed by atoms with E-state index < -0.39 is 0 Å². The van der Waals surface area contributed by atoms with Gasteiger partial charge in [-0.15, -0.1) is 10.2 Å². The van der Waals surface area contributed by atoms with Gasteiger partial charge in [0.2, 0.25) is 5.89 Å². The Labute approximate surface area is 169 Å². The minimum atomic E-state index is 0.454. The van der Waals surface area contributed by atoms with E-state index in [1.807, 2.05) is 24.3 Å². The van der Waals surface area contributed by atoms with Crippen LogP contribution in [-0.2, 0) is 0 Å². The fourth-order valence-corrected chi connectivity index (χ4v) is 3.24. The molecule has 1 heterocycles. The summed E-state index contributed by atoms with van der Waals surface area (Å²) in [5.41, 5.74) is 3.29. The predicted octanol–water partition coefficient (Wildman–Crippen LogP) is 4.93. The number of rotatable bonds is 9. The fraction of sp³-hybridized carbons (Fsp3) is 0.333. The van der Waals surface area contributed by atoms with E-state index in [1.54, 1.807) is 14.2 Å². The molecule has 0 aliphatic rings. The van der Waals surface area contributed by atoms with E-state index in [1.165, 1.54) is 22.9 Å². The molecular weight excluding hydrogens is 376 g/mol. The molecular formula is C21H24N2O4S. The Bertz CT molecular complexity index is 927. The van der Waals surface area contributed by atoms with Crippen molar-refractivity contribution < 1.29 is 18.6 Å². The molecule has 148 valence electrons. The Morgan fingerprint density at radius 2 is 1.75 bits per heavy atom. The van der Waals surface area contributed by atoms with E-state index in [0.717, 1.165) is 23.5 Å². The van der Waals surface area contributed by atoms with Gasteiger partial charge in [-0.25, -0.2) is 0 Å². The Morgan fingerprint density at radius 1 is 0.929 bits per heavy atom. The highest BCUT2D eigenvalue weighted by molar-refractivity contribution is 7.99. The van der Waals surface area contributed by atoms with Gasteiger partial charge in [0.1, 0.15) is 5.75 Å². The number of benzene rings is 2. The lowest BCUT2D eigenvalue weighted by Crippen LogP contribution is -1.99. The van der Waals surface area contributed by atoms with Crippen molar-refractivity contribution >= 4 is 11.8 Å². The van der Waals surface area contributed by atoms with Gasteiger partial charge in [-0.3, -0.25) is 0 Å². The van der Waals surface area contributed by atoms with Gasteiger partial charge >= 0.3 is 0 Å². The van der Waals surface area contributed by atoms with E-state index in [-0.39, 0.29) is 0 Å². The summed E-state index contributed by atoms with van der Waals surface area (Å²) in [6.07, 6.45) is 0.881. The van der Waals surface area contributed by atoms with E-state index in [4.69, 9.17) is 18.6 Å². The number of ether oxygens (including phenoxy) is 3. The molecule has 0 aliphatic heterocycles. The zero-order chi connectivity index (χ0) is 19.9. The summed E-state index contributed by atoms with van der Waals surface area (Å²) >= 11 is 1.52. The van der Waals surface area contributed by atoms with Gasteiger partial charge < -0.3 is 18.6 Å². The molecule has 0 spiro atoms. The molecule has 0 bridgehead atoms. The number of hydrogen-bond acceptors (Lipinski definition) is 7. The van der Waals surface area contributed by atoms with Crippen LogP contribution in [0.2, 0.25) is 0 Å². The molecule has 0 aliphatic carbocycles. The summed E-state index contributed by atoms with van der Waals surface area (Å²) in [6, 6.07) is 11.6. The van der Waals surface area contributed by atoms with E-state index in [2.05, 4.69) is 36.2 Å². The number of hydrogen-bond donors (Lipinski definition) is 0. The average Bonchev–Trinajstić information content (AvgIpc) is 3.18. The number of nitrogens with zero attached hydrogens (tertiary/aromatic N) is 2. The summed E-state index contributed by atoms with van der Waals surface area (Å²) in [5.74, 6) is 3.47. The molecule has 0 radical (unpaired) electrons. The first-order chi connectivity index (χ1) is 13.6. The second kappa shape index (κ2) is 9.50. The van der Waals surface area contributed by atoms with Crippen molar-refractivity contribution in [3.8, 4) is 28.7 Å². The molecule has 0 saturated heterocycles. The van der Waals surface area contributed by atoms with Crippen molar-refractivity contribution in [1.82, 2.24) is 10.2 Å². The Morgan fingerprint density at radius 3 is 2.50 bits per heavy atom. The minimum absolute atomic E-state index is 0.454. The van der Waals surface area contributed by atoms with Crippen LogP contribution in [0.3, 0.4) is 0 Å². The van der Waals surface area contributed by atoms with Crippen LogP contribution in [0.1, 0.15) is 17.5 Å². The molecule has 0 saturated carbocycles. The van der Waals surface area contributed by atoms with E-state index >= 15 is 0 Å². The highest BCUT2D eigenvalue weighted by atomic mass is 32.2. The molecule has 6 nitrogen and oxygen atoms in total. The standard InChI is InChI=1S/C21H24N2O4S/c1-14-6-8-17(12-15(14)2)26-10-5-11-28-21-23-22-20(27-21)16-7-9-18(24-3)19(13-16)25-4/h6-9,12-13H,5,10-11H2,1-4H3. The van der Waals surface area contributed by atoms with Gasteiger partial charge in [-0.05, 0) is 61.7 Å². The maximum atomic E-state index is 5.80. The molecule has 3 aromatic rings. The van der Waals surface area contributed by atoms with Crippen LogP contribution in [-0.4, -0.2) is 36.8 Å². The predicted molar refractivity (Wildman–Crippen MR) is 110 cm³/mol. The summed E-state index contributed by atoms with van der Waals surface area (Å²) < 4.78 is 22.1. The van der Waals surface area contributed by atoms with Gasteiger partial charge in [0.05, 0.1) is 20.8 Å². The SMILES string of the molecule is COc1ccc(-c2nnc(SCCCOc3ccc(C)c(C)c3)o2)cc1OC. The van der Waals surface area contributed by atoms with Crippen LogP contribution in [0.25, 0.3) is 11.5 Å². The van der Waals surface area contributed by atoms with Crippen molar-refractivity contribution in [1.29, 1.82) is 0 Å². The first-order valence-electron chi connectivity index (χ1n) is 8.99. The van der Waals surface area contributed by atoms with E-state index in [0.29, 0.717) is 29.2 Å². The zero-order valence-electron chi connectivity index (χ0n) is 16.5.